The maximum atomic E-state index is 13.4. The van der Waals surface area contributed by atoms with Crippen molar-refractivity contribution >= 4 is 24.0 Å². The van der Waals surface area contributed by atoms with E-state index in [4.69, 9.17) is 0 Å². The number of halogens is 2. The lowest BCUT2D eigenvalue weighted by Gasteiger charge is -2.18. The van der Waals surface area contributed by atoms with Crippen molar-refractivity contribution < 1.29 is 9.18 Å². The average Bonchev–Trinajstić information content (AvgIpc) is 2.68. The van der Waals surface area contributed by atoms with Crippen molar-refractivity contribution in [2.45, 2.75) is 12.8 Å². The topological polar surface area (TPSA) is 44.4 Å². The van der Waals surface area contributed by atoms with E-state index in [1.807, 2.05) is 0 Å². The van der Waals surface area contributed by atoms with Crippen molar-refractivity contribution in [3.05, 3.63) is 30.1 Å². The lowest BCUT2D eigenvalue weighted by Crippen LogP contribution is -2.31. The summed E-state index contributed by atoms with van der Waals surface area (Å²) >= 11 is 0. The minimum Gasteiger partial charge on any atom is -0.324 e. The third kappa shape index (κ3) is 5.45. The van der Waals surface area contributed by atoms with Crippen molar-refractivity contribution in [2.24, 2.45) is 0 Å². The molecule has 0 spiro atoms. The van der Waals surface area contributed by atoms with Crippen LogP contribution in [0.5, 0.6) is 0 Å². The average molecular weight is 302 g/mol. The zero-order valence-electron chi connectivity index (χ0n) is 11.4. The third-order valence-corrected chi connectivity index (χ3v) is 3.24. The van der Waals surface area contributed by atoms with Gasteiger partial charge in [0.15, 0.2) is 0 Å². The molecule has 1 aliphatic heterocycles. The number of rotatable bonds is 4. The van der Waals surface area contributed by atoms with Crippen molar-refractivity contribution in [2.75, 3.05) is 38.0 Å². The predicted octanol–water partition coefficient (Wildman–Crippen LogP) is 1.87. The summed E-state index contributed by atoms with van der Waals surface area (Å²) in [5.74, 6) is -0.530. The number of amides is 1. The number of hydrogen-bond acceptors (Lipinski definition) is 3. The predicted molar refractivity (Wildman–Crippen MR) is 80.8 cm³/mol. The summed E-state index contributed by atoms with van der Waals surface area (Å²) in [7, 11) is 0. The molecule has 1 heterocycles. The van der Waals surface area contributed by atoms with Gasteiger partial charge in [-0.25, -0.2) is 4.39 Å². The Hall–Kier alpha value is -1.17. The van der Waals surface area contributed by atoms with Gasteiger partial charge in [-0.3, -0.25) is 4.79 Å². The summed E-state index contributed by atoms with van der Waals surface area (Å²) in [4.78, 5) is 14.0. The van der Waals surface area contributed by atoms with E-state index in [1.54, 1.807) is 18.2 Å². The monoisotopic (exact) mass is 301 g/mol. The van der Waals surface area contributed by atoms with Gasteiger partial charge in [0.1, 0.15) is 5.82 Å². The molecule has 1 amide bonds. The first-order valence-corrected chi connectivity index (χ1v) is 6.73. The largest absolute Gasteiger partial charge is 0.324 e. The quantitative estimate of drug-likeness (QED) is 0.892. The molecular formula is C14H21ClFN3O. The van der Waals surface area contributed by atoms with Gasteiger partial charge < -0.3 is 15.5 Å². The zero-order chi connectivity index (χ0) is 13.5. The molecule has 2 rings (SSSR count). The molecule has 1 aromatic rings. The van der Waals surface area contributed by atoms with Crippen molar-refractivity contribution in [3.63, 3.8) is 0 Å². The molecule has 0 radical (unpaired) electrons. The van der Waals surface area contributed by atoms with Crippen molar-refractivity contribution in [3.8, 4) is 0 Å². The van der Waals surface area contributed by atoms with Crippen LogP contribution in [0.15, 0.2) is 24.3 Å². The van der Waals surface area contributed by atoms with Gasteiger partial charge in [0.2, 0.25) is 5.91 Å². The lowest BCUT2D eigenvalue weighted by atomic mass is 10.3. The maximum absolute atomic E-state index is 13.4. The Bertz CT molecular complexity index is 423. The first kappa shape index (κ1) is 16.9. The minimum absolute atomic E-state index is 0. The Morgan fingerprint density at radius 3 is 2.90 bits per heavy atom. The highest BCUT2D eigenvalue weighted by molar-refractivity contribution is 5.90. The van der Waals surface area contributed by atoms with Crippen LogP contribution in [0.25, 0.3) is 0 Å². The van der Waals surface area contributed by atoms with Gasteiger partial charge in [-0.2, -0.15) is 0 Å². The number of nitrogens with zero attached hydrogens (tertiary/aromatic N) is 1. The fourth-order valence-electron chi connectivity index (χ4n) is 2.16. The molecule has 20 heavy (non-hydrogen) atoms. The maximum Gasteiger partial charge on any atom is 0.225 e. The molecule has 0 aromatic heterocycles. The Labute approximate surface area is 125 Å². The second-order valence-electron chi connectivity index (χ2n) is 4.72. The van der Waals surface area contributed by atoms with Gasteiger partial charge in [0, 0.05) is 26.1 Å². The molecule has 112 valence electrons. The number of nitrogens with one attached hydrogen (secondary N) is 2. The Kier molecular flexibility index (Phi) is 7.51. The fraction of sp³-hybridized carbons (Fsp3) is 0.500. The van der Waals surface area contributed by atoms with E-state index < -0.39 is 5.82 Å². The summed E-state index contributed by atoms with van der Waals surface area (Å²) in [5.41, 5.74) is 0.255. The van der Waals surface area contributed by atoms with E-state index in [1.165, 1.54) is 6.07 Å². The number of carbonyl (C=O) groups is 1. The molecule has 4 nitrogen and oxygen atoms in total. The molecule has 0 unspecified atom stereocenters. The number of hydrogen-bond donors (Lipinski definition) is 2. The second kappa shape index (κ2) is 8.89. The molecule has 0 atom stereocenters. The smallest absolute Gasteiger partial charge is 0.225 e. The molecular weight excluding hydrogens is 281 g/mol. The lowest BCUT2D eigenvalue weighted by molar-refractivity contribution is -0.116. The summed E-state index contributed by atoms with van der Waals surface area (Å²) in [6.07, 6.45) is 1.50. The molecule has 0 aliphatic carbocycles. The molecule has 1 aromatic carbocycles. The molecule has 0 saturated carbocycles. The van der Waals surface area contributed by atoms with E-state index in [-0.39, 0.29) is 24.0 Å². The number of para-hydroxylation sites is 1. The standard InChI is InChI=1S/C14H20FN3O.ClH/c15-12-4-1-2-5-13(12)17-14(19)6-10-18-9-3-7-16-8-11-18;/h1-2,4-5,16H,3,6-11H2,(H,17,19);1H. The third-order valence-electron chi connectivity index (χ3n) is 3.24. The fourth-order valence-corrected chi connectivity index (χ4v) is 2.16. The molecule has 1 fully saturated rings. The van der Waals surface area contributed by atoms with Gasteiger partial charge in [-0.05, 0) is 31.6 Å². The summed E-state index contributed by atoms with van der Waals surface area (Å²) in [5, 5.41) is 5.93. The first-order valence-electron chi connectivity index (χ1n) is 6.73. The summed E-state index contributed by atoms with van der Waals surface area (Å²) in [6, 6.07) is 6.23. The van der Waals surface area contributed by atoms with Crippen LogP contribution in [0.1, 0.15) is 12.8 Å². The van der Waals surface area contributed by atoms with E-state index in [0.717, 1.165) is 39.1 Å². The van der Waals surface area contributed by atoms with Crippen LogP contribution < -0.4 is 10.6 Å². The van der Waals surface area contributed by atoms with E-state index in [9.17, 15) is 9.18 Å². The molecule has 1 aliphatic rings. The van der Waals surface area contributed by atoms with Crippen LogP contribution >= 0.6 is 12.4 Å². The van der Waals surface area contributed by atoms with Crippen LogP contribution in [0.2, 0.25) is 0 Å². The van der Waals surface area contributed by atoms with E-state index >= 15 is 0 Å². The first-order chi connectivity index (χ1) is 9.25. The van der Waals surface area contributed by atoms with Crippen molar-refractivity contribution in [1.29, 1.82) is 0 Å². The highest BCUT2D eigenvalue weighted by Gasteiger charge is 2.11. The van der Waals surface area contributed by atoms with Crippen LogP contribution in [0, 0.1) is 5.82 Å². The second-order valence-corrected chi connectivity index (χ2v) is 4.72. The number of carbonyl (C=O) groups excluding carboxylic acids is 1. The summed E-state index contributed by atoms with van der Waals surface area (Å²) < 4.78 is 13.4. The van der Waals surface area contributed by atoms with Gasteiger partial charge in [-0.1, -0.05) is 12.1 Å². The minimum atomic E-state index is -0.394. The van der Waals surface area contributed by atoms with E-state index in [2.05, 4.69) is 15.5 Å². The highest BCUT2D eigenvalue weighted by Crippen LogP contribution is 2.12. The van der Waals surface area contributed by atoms with Crippen molar-refractivity contribution in [1.82, 2.24) is 10.2 Å². The molecule has 0 bridgehead atoms. The van der Waals surface area contributed by atoms with Gasteiger partial charge in [0.25, 0.3) is 0 Å². The Morgan fingerprint density at radius 1 is 1.30 bits per heavy atom. The van der Waals surface area contributed by atoms with Gasteiger partial charge >= 0.3 is 0 Å². The molecule has 1 saturated heterocycles. The van der Waals surface area contributed by atoms with E-state index in [0.29, 0.717) is 6.42 Å². The molecule has 6 heteroatoms. The van der Waals surface area contributed by atoms with Gasteiger partial charge in [0.05, 0.1) is 5.69 Å². The Balaban J connectivity index is 0.00000200. The zero-order valence-corrected chi connectivity index (χ0v) is 12.2. The van der Waals surface area contributed by atoms with Crippen LogP contribution in [-0.2, 0) is 4.79 Å². The number of benzene rings is 1. The highest BCUT2D eigenvalue weighted by atomic mass is 35.5. The van der Waals surface area contributed by atoms with Gasteiger partial charge in [-0.15, -0.1) is 12.4 Å². The van der Waals surface area contributed by atoms with Crippen LogP contribution in [-0.4, -0.2) is 43.5 Å². The van der Waals surface area contributed by atoms with Crippen LogP contribution in [0.4, 0.5) is 10.1 Å². The SMILES string of the molecule is Cl.O=C(CCN1CCCNCC1)Nc1ccccc1F. The Morgan fingerprint density at radius 2 is 2.10 bits per heavy atom. The molecule has 2 N–H and O–H groups in total. The normalized spacial score (nSPS) is 16.1. The van der Waals surface area contributed by atoms with Crippen LogP contribution in [0.3, 0.4) is 0 Å². The number of anilines is 1. The summed E-state index contributed by atoms with van der Waals surface area (Å²) in [6.45, 7) is 4.71.